The lowest BCUT2D eigenvalue weighted by atomic mass is 10.2. The van der Waals surface area contributed by atoms with Crippen LogP contribution in [0.3, 0.4) is 0 Å². The molecular formula is C12H17BrN2O3S. The Morgan fingerprint density at radius 2 is 2.32 bits per heavy atom. The van der Waals surface area contributed by atoms with Gasteiger partial charge in [0.2, 0.25) is 0 Å². The second kappa shape index (κ2) is 5.76. The van der Waals surface area contributed by atoms with Gasteiger partial charge >= 0.3 is 0 Å². The van der Waals surface area contributed by atoms with Gasteiger partial charge in [0.05, 0.1) is 18.5 Å². The predicted octanol–water partition coefficient (Wildman–Crippen LogP) is 1.40. The third kappa shape index (κ3) is 4.15. The average Bonchev–Trinajstić information content (AvgIpc) is 2.31. The Bertz CT molecular complexity index is 562. The normalized spacial score (nSPS) is 20.6. The molecule has 1 aliphatic rings. The van der Waals surface area contributed by atoms with Crippen LogP contribution in [0.4, 0.5) is 5.82 Å². The first-order valence-corrected chi connectivity index (χ1v) is 8.87. The molecule has 106 valence electrons. The highest BCUT2D eigenvalue weighted by Gasteiger charge is 2.24. The standard InChI is InChI=1S/C12H17BrN2O3S/c1-9-5-12(14-6-11(9)13)15-3-4-18-10(7-15)8-19(2,16)17/h5-6,10H,3-4,7-8H2,1-2H3. The molecule has 0 aliphatic carbocycles. The van der Waals surface area contributed by atoms with E-state index in [-0.39, 0.29) is 11.9 Å². The van der Waals surface area contributed by atoms with Gasteiger partial charge in [-0.3, -0.25) is 0 Å². The molecule has 2 rings (SSSR count). The monoisotopic (exact) mass is 348 g/mol. The van der Waals surface area contributed by atoms with Crippen molar-refractivity contribution in [3.8, 4) is 0 Å². The van der Waals surface area contributed by atoms with Gasteiger partial charge in [0.1, 0.15) is 15.7 Å². The molecule has 0 N–H and O–H groups in total. The quantitative estimate of drug-likeness (QED) is 0.826. The number of hydrogen-bond donors (Lipinski definition) is 0. The molecule has 0 aromatic carbocycles. The summed E-state index contributed by atoms with van der Waals surface area (Å²) < 4.78 is 29.1. The SMILES string of the molecule is Cc1cc(N2CCOC(CS(C)(=O)=O)C2)ncc1Br. The smallest absolute Gasteiger partial charge is 0.150 e. The lowest BCUT2D eigenvalue weighted by Crippen LogP contribution is -2.45. The van der Waals surface area contributed by atoms with Crippen molar-refractivity contribution in [1.29, 1.82) is 0 Å². The van der Waals surface area contributed by atoms with E-state index in [1.165, 1.54) is 6.26 Å². The zero-order valence-electron chi connectivity index (χ0n) is 11.0. The number of ether oxygens (including phenoxy) is 1. The Morgan fingerprint density at radius 1 is 1.58 bits per heavy atom. The van der Waals surface area contributed by atoms with E-state index in [1.807, 2.05) is 13.0 Å². The van der Waals surface area contributed by atoms with Gasteiger partial charge in [-0.1, -0.05) is 0 Å². The van der Waals surface area contributed by atoms with Crippen molar-refractivity contribution in [3.05, 3.63) is 22.3 Å². The summed E-state index contributed by atoms with van der Waals surface area (Å²) in [6.45, 7) is 3.82. The molecule has 1 atom stereocenters. The molecule has 19 heavy (non-hydrogen) atoms. The van der Waals surface area contributed by atoms with Crippen molar-refractivity contribution in [2.45, 2.75) is 13.0 Å². The molecule has 1 fully saturated rings. The zero-order chi connectivity index (χ0) is 14.0. The van der Waals surface area contributed by atoms with E-state index in [2.05, 4.69) is 25.8 Å². The van der Waals surface area contributed by atoms with Crippen molar-refractivity contribution in [2.75, 3.05) is 36.6 Å². The lowest BCUT2D eigenvalue weighted by molar-refractivity contribution is 0.0550. The number of nitrogens with zero attached hydrogens (tertiary/aromatic N) is 2. The van der Waals surface area contributed by atoms with Gasteiger partial charge in [-0.25, -0.2) is 13.4 Å². The summed E-state index contributed by atoms with van der Waals surface area (Å²) in [7, 11) is -3.02. The van der Waals surface area contributed by atoms with E-state index < -0.39 is 9.84 Å². The summed E-state index contributed by atoms with van der Waals surface area (Å²) >= 11 is 3.42. The summed E-state index contributed by atoms with van der Waals surface area (Å²) in [4.78, 5) is 6.44. The largest absolute Gasteiger partial charge is 0.373 e. The Balaban J connectivity index is 2.10. The molecule has 0 spiro atoms. The van der Waals surface area contributed by atoms with Crippen molar-refractivity contribution in [1.82, 2.24) is 4.98 Å². The van der Waals surface area contributed by atoms with E-state index in [0.29, 0.717) is 13.2 Å². The van der Waals surface area contributed by atoms with Crippen LogP contribution in [-0.2, 0) is 14.6 Å². The van der Waals surface area contributed by atoms with Crippen LogP contribution in [-0.4, -0.2) is 51.2 Å². The maximum absolute atomic E-state index is 11.3. The fourth-order valence-corrected chi connectivity index (χ4v) is 3.16. The maximum atomic E-state index is 11.3. The van der Waals surface area contributed by atoms with Gasteiger partial charge in [-0.05, 0) is 34.5 Å². The number of aryl methyl sites for hydroxylation is 1. The molecule has 0 bridgehead atoms. The van der Waals surface area contributed by atoms with Crippen LogP contribution in [0.2, 0.25) is 0 Å². The average molecular weight is 349 g/mol. The highest BCUT2D eigenvalue weighted by Crippen LogP contribution is 2.21. The molecule has 5 nitrogen and oxygen atoms in total. The van der Waals surface area contributed by atoms with E-state index in [0.717, 1.165) is 22.4 Å². The van der Waals surface area contributed by atoms with Crippen LogP contribution in [0.1, 0.15) is 5.56 Å². The highest BCUT2D eigenvalue weighted by atomic mass is 79.9. The molecule has 1 unspecified atom stereocenters. The topological polar surface area (TPSA) is 59.5 Å². The molecule has 1 saturated heterocycles. The van der Waals surface area contributed by atoms with Gasteiger partial charge in [-0.2, -0.15) is 0 Å². The molecule has 0 amide bonds. The minimum Gasteiger partial charge on any atom is -0.373 e. The second-order valence-corrected chi connectivity index (χ2v) is 7.86. The summed E-state index contributed by atoms with van der Waals surface area (Å²) in [5, 5.41) is 0. The van der Waals surface area contributed by atoms with Crippen LogP contribution >= 0.6 is 15.9 Å². The van der Waals surface area contributed by atoms with Crippen LogP contribution in [0.25, 0.3) is 0 Å². The molecule has 1 aliphatic heterocycles. The Labute approximate surface area is 122 Å². The van der Waals surface area contributed by atoms with E-state index in [4.69, 9.17) is 4.74 Å². The van der Waals surface area contributed by atoms with Crippen molar-refractivity contribution < 1.29 is 13.2 Å². The highest BCUT2D eigenvalue weighted by molar-refractivity contribution is 9.10. The first kappa shape index (κ1) is 14.7. The Hall–Kier alpha value is -0.660. The molecule has 0 radical (unpaired) electrons. The summed E-state index contributed by atoms with van der Waals surface area (Å²) in [6.07, 6.45) is 2.72. The second-order valence-electron chi connectivity index (χ2n) is 4.82. The number of sulfone groups is 1. The first-order valence-electron chi connectivity index (χ1n) is 6.01. The van der Waals surface area contributed by atoms with Crippen LogP contribution in [0.5, 0.6) is 0 Å². The first-order chi connectivity index (χ1) is 8.85. The van der Waals surface area contributed by atoms with Gasteiger partial charge in [0, 0.05) is 30.0 Å². The van der Waals surface area contributed by atoms with Gasteiger partial charge in [0.15, 0.2) is 0 Å². The summed E-state index contributed by atoms with van der Waals surface area (Å²) in [5.41, 5.74) is 1.11. The number of anilines is 1. The fourth-order valence-electron chi connectivity index (χ4n) is 2.06. The van der Waals surface area contributed by atoms with E-state index in [1.54, 1.807) is 6.20 Å². The van der Waals surface area contributed by atoms with Crippen LogP contribution < -0.4 is 4.90 Å². The minimum absolute atomic E-state index is 0.0546. The number of hydrogen-bond acceptors (Lipinski definition) is 5. The Morgan fingerprint density at radius 3 is 2.95 bits per heavy atom. The van der Waals surface area contributed by atoms with Crippen molar-refractivity contribution >= 4 is 31.6 Å². The number of morpholine rings is 1. The van der Waals surface area contributed by atoms with Crippen LogP contribution in [0.15, 0.2) is 16.7 Å². The molecule has 1 aromatic rings. The molecule has 7 heteroatoms. The van der Waals surface area contributed by atoms with Gasteiger partial charge in [0.25, 0.3) is 0 Å². The molecule has 2 heterocycles. The predicted molar refractivity (Wildman–Crippen MR) is 78.3 cm³/mol. The fraction of sp³-hybridized carbons (Fsp3) is 0.583. The van der Waals surface area contributed by atoms with Gasteiger partial charge in [-0.15, -0.1) is 0 Å². The van der Waals surface area contributed by atoms with Crippen LogP contribution in [0, 0.1) is 6.92 Å². The minimum atomic E-state index is -3.02. The van der Waals surface area contributed by atoms with E-state index in [9.17, 15) is 8.42 Å². The van der Waals surface area contributed by atoms with Crippen molar-refractivity contribution in [2.24, 2.45) is 0 Å². The maximum Gasteiger partial charge on any atom is 0.150 e. The van der Waals surface area contributed by atoms with Crippen molar-refractivity contribution in [3.63, 3.8) is 0 Å². The summed E-state index contributed by atoms with van der Waals surface area (Å²) in [5.74, 6) is 0.918. The summed E-state index contributed by atoms with van der Waals surface area (Å²) in [6, 6.07) is 1.99. The number of rotatable bonds is 3. The number of aromatic nitrogens is 1. The molecular weight excluding hydrogens is 332 g/mol. The van der Waals surface area contributed by atoms with E-state index >= 15 is 0 Å². The molecule has 0 saturated carbocycles. The third-order valence-corrected chi connectivity index (χ3v) is 4.79. The third-order valence-electron chi connectivity index (χ3n) is 2.98. The number of halogens is 1. The molecule has 1 aromatic heterocycles. The van der Waals surface area contributed by atoms with Gasteiger partial charge < -0.3 is 9.64 Å². The zero-order valence-corrected chi connectivity index (χ0v) is 13.4. The number of pyridine rings is 1. The lowest BCUT2D eigenvalue weighted by Gasteiger charge is -2.33. The Kier molecular flexibility index (Phi) is 4.47.